The van der Waals surface area contributed by atoms with E-state index in [4.69, 9.17) is 0 Å². The van der Waals surface area contributed by atoms with E-state index in [-0.39, 0.29) is 30.0 Å². The van der Waals surface area contributed by atoms with Crippen LogP contribution < -0.4 is 10.2 Å². The average molecular weight is 308 g/mol. The minimum Gasteiger partial charge on any atom is -0.311 e. The van der Waals surface area contributed by atoms with Crippen LogP contribution in [0.2, 0.25) is 0 Å². The smallest absolute Gasteiger partial charge is 0.240 e. The average Bonchev–Trinajstić information content (AvgIpc) is 2.83. The molecule has 1 saturated heterocycles. The maximum absolute atomic E-state index is 12.4. The molecule has 1 aromatic rings. The number of para-hydroxylation sites is 1. The fourth-order valence-corrected chi connectivity index (χ4v) is 4.78. The molecule has 0 aliphatic carbocycles. The molecule has 0 saturated carbocycles. The zero-order valence-corrected chi connectivity index (χ0v) is 12.7. The van der Waals surface area contributed by atoms with E-state index in [0.29, 0.717) is 6.42 Å². The number of carbonyl (C=O) groups excluding carboxylic acids is 1. The third-order valence-electron chi connectivity index (χ3n) is 4.19. The van der Waals surface area contributed by atoms with Crippen LogP contribution in [0, 0.1) is 0 Å². The Balaban J connectivity index is 1.62. The fourth-order valence-electron chi connectivity index (χ4n) is 3.08. The van der Waals surface area contributed by atoms with Gasteiger partial charge in [0.2, 0.25) is 5.91 Å². The summed E-state index contributed by atoms with van der Waals surface area (Å²) in [5.74, 6) is 0.397. The standard InChI is InChI=1S/C15H20N2O3S/c18-15(10-16-13-7-9-21(19,20)11-13)17-8-3-5-12-4-1-2-6-14(12)17/h1-2,4,6,13,16H,3,5,7-11H2. The minimum atomic E-state index is -2.90. The van der Waals surface area contributed by atoms with Crippen LogP contribution in [-0.2, 0) is 21.1 Å². The Morgan fingerprint density at radius 3 is 2.90 bits per heavy atom. The van der Waals surface area contributed by atoms with Crippen molar-refractivity contribution in [2.75, 3.05) is 29.5 Å². The molecule has 0 radical (unpaired) electrons. The number of amides is 1. The Morgan fingerprint density at radius 1 is 1.33 bits per heavy atom. The summed E-state index contributed by atoms with van der Waals surface area (Å²) in [5.41, 5.74) is 2.20. The van der Waals surface area contributed by atoms with Gasteiger partial charge in [-0.2, -0.15) is 0 Å². The maximum Gasteiger partial charge on any atom is 0.240 e. The Labute approximate surface area is 125 Å². The van der Waals surface area contributed by atoms with Gasteiger partial charge >= 0.3 is 0 Å². The van der Waals surface area contributed by atoms with Gasteiger partial charge in [0.25, 0.3) is 0 Å². The van der Waals surface area contributed by atoms with Gasteiger partial charge in [-0.05, 0) is 30.9 Å². The van der Waals surface area contributed by atoms with Crippen LogP contribution in [0.25, 0.3) is 0 Å². The maximum atomic E-state index is 12.4. The summed E-state index contributed by atoms with van der Waals surface area (Å²) in [6.07, 6.45) is 2.58. The molecule has 0 spiro atoms. The molecule has 1 N–H and O–H groups in total. The first-order chi connectivity index (χ1) is 10.1. The Hall–Kier alpha value is -1.40. The zero-order chi connectivity index (χ0) is 14.9. The summed E-state index contributed by atoms with van der Waals surface area (Å²) in [4.78, 5) is 14.2. The molecule has 3 rings (SSSR count). The van der Waals surface area contributed by atoms with Gasteiger partial charge in [0.05, 0.1) is 18.1 Å². The van der Waals surface area contributed by atoms with E-state index in [1.165, 1.54) is 5.56 Å². The van der Waals surface area contributed by atoms with Gasteiger partial charge in [-0.25, -0.2) is 8.42 Å². The number of carbonyl (C=O) groups is 1. The SMILES string of the molecule is O=C(CNC1CCS(=O)(=O)C1)N1CCCc2ccccc21. The predicted octanol–water partition coefficient (Wildman–Crippen LogP) is 0.743. The number of hydrogen-bond donors (Lipinski definition) is 1. The highest BCUT2D eigenvalue weighted by molar-refractivity contribution is 7.91. The second-order valence-corrected chi connectivity index (χ2v) is 7.99. The highest BCUT2D eigenvalue weighted by atomic mass is 32.2. The lowest BCUT2D eigenvalue weighted by atomic mass is 10.0. The lowest BCUT2D eigenvalue weighted by molar-refractivity contribution is -0.118. The monoisotopic (exact) mass is 308 g/mol. The van der Waals surface area contributed by atoms with Gasteiger partial charge in [-0.1, -0.05) is 18.2 Å². The number of sulfone groups is 1. The lowest BCUT2D eigenvalue weighted by Crippen LogP contribution is -2.44. The Morgan fingerprint density at radius 2 is 2.14 bits per heavy atom. The topological polar surface area (TPSA) is 66.5 Å². The first kappa shape index (κ1) is 14.5. The van der Waals surface area contributed by atoms with Gasteiger partial charge in [0.1, 0.15) is 0 Å². The first-order valence-electron chi connectivity index (χ1n) is 7.37. The molecule has 2 aliphatic rings. The molecule has 2 aliphatic heterocycles. The normalized spacial score (nSPS) is 23.8. The lowest BCUT2D eigenvalue weighted by Gasteiger charge is -2.30. The van der Waals surface area contributed by atoms with E-state index in [1.807, 2.05) is 23.1 Å². The Bertz CT molecular complexity index is 642. The molecule has 21 heavy (non-hydrogen) atoms. The first-order valence-corrected chi connectivity index (χ1v) is 9.19. The van der Waals surface area contributed by atoms with Gasteiger partial charge < -0.3 is 10.2 Å². The summed E-state index contributed by atoms with van der Waals surface area (Å²) in [5, 5.41) is 3.09. The highest BCUT2D eigenvalue weighted by Gasteiger charge is 2.29. The molecule has 114 valence electrons. The highest BCUT2D eigenvalue weighted by Crippen LogP contribution is 2.26. The molecule has 6 heteroatoms. The summed E-state index contributed by atoms with van der Waals surface area (Å²) in [7, 11) is -2.90. The molecule has 2 heterocycles. The number of aryl methyl sites for hydroxylation is 1. The van der Waals surface area contributed by atoms with Crippen LogP contribution in [0.3, 0.4) is 0 Å². The molecule has 0 aromatic heterocycles. The third kappa shape index (κ3) is 3.27. The number of anilines is 1. The van der Waals surface area contributed by atoms with E-state index < -0.39 is 9.84 Å². The van der Waals surface area contributed by atoms with E-state index in [2.05, 4.69) is 11.4 Å². The molecule has 1 aromatic carbocycles. The number of fused-ring (bicyclic) bond motifs is 1. The van der Waals surface area contributed by atoms with Gasteiger partial charge in [0, 0.05) is 18.3 Å². The molecular formula is C15H20N2O3S. The van der Waals surface area contributed by atoms with Crippen LogP contribution in [0.5, 0.6) is 0 Å². The molecule has 5 nitrogen and oxygen atoms in total. The van der Waals surface area contributed by atoms with E-state index >= 15 is 0 Å². The second-order valence-electron chi connectivity index (χ2n) is 5.76. The van der Waals surface area contributed by atoms with Crippen LogP contribution in [0.4, 0.5) is 5.69 Å². The van der Waals surface area contributed by atoms with Gasteiger partial charge in [0.15, 0.2) is 9.84 Å². The quantitative estimate of drug-likeness (QED) is 0.894. The van der Waals surface area contributed by atoms with Crippen molar-refractivity contribution in [3.05, 3.63) is 29.8 Å². The molecule has 1 atom stereocenters. The second kappa shape index (κ2) is 5.77. The summed E-state index contributed by atoms with van der Waals surface area (Å²) in [6.45, 7) is 0.939. The van der Waals surface area contributed by atoms with E-state index in [1.54, 1.807) is 0 Å². The minimum absolute atomic E-state index is 0.0199. The fraction of sp³-hybridized carbons (Fsp3) is 0.533. The van der Waals surface area contributed by atoms with E-state index in [9.17, 15) is 13.2 Å². The largest absolute Gasteiger partial charge is 0.311 e. The van der Waals surface area contributed by atoms with Crippen molar-refractivity contribution in [3.63, 3.8) is 0 Å². The van der Waals surface area contributed by atoms with Crippen LogP contribution in [0.15, 0.2) is 24.3 Å². The number of nitrogens with one attached hydrogen (secondary N) is 1. The molecule has 1 amide bonds. The summed E-state index contributed by atoms with van der Waals surface area (Å²) >= 11 is 0. The summed E-state index contributed by atoms with van der Waals surface area (Å²) < 4.78 is 22.8. The zero-order valence-electron chi connectivity index (χ0n) is 11.9. The van der Waals surface area contributed by atoms with Crippen molar-refractivity contribution in [1.29, 1.82) is 0 Å². The number of hydrogen-bond acceptors (Lipinski definition) is 4. The van der Waals surface area contributed by atoms with Gasteiger partial charge in [-0.15, -0.1) is 0 Å². The number of rotatable bonds is 3. The van der Waals surface area contributed by atoms with Crippen molar-refractivity contribution >= 4 is 21.4 Å². The van der Waals surface area contributed by atoms with Crippen LogP contribution >= 0.6 is 0 Å². The van der Waals surface area contributed by atoms with Crippen molar-refractivity contribution in [1.82, 2.24) is 5.32 Å². The molecule has 1 unspecified atom stereocenters. The number of benzene rings is 1. The van der Waals surface area contributed by atoms with Crippen molar-refractivity contribution in [2.45, 2.75) is 25.3 Å². The van der Waals surface area contributed by atoms with Crippen LogP contribution in [-0.4, -0.2) is 45.0 Å². The summed E-state index contributed by atoms with van der Waals surface area (Å²) in [6, 6.07) is 7.90. The Kier molecular flexibility index (Phi) is 3.99. The van der Waals surface area contributed by atoms with Crippen LogP contribution in [0.1, 0.15) is 18.4 Å². The third-order valence-corrected chi connectivity index (χ3v) is 5.95. The van der Waals surface area contributed by atoms with E-state index in [0.717, 1.165) is 25.1 Å². The van der Waals surface area contributed by atoms with Crippen molar-refractivity contribution in [3.8, 4) is 0 Å². The number of nitrogens with zero attached hydrogens (tertiary/aromatic N) is 1. The van der Waals surface area contributed by atoms with Crippen molar-refractivity contribution in [2.24, 2.45) is 0 Å². The molecule has 1 fully saturated rings. The predicted molar refractivity (Wildman–Crippen MR) is 82.2 cm³/mol. The molecular weight excluding hydrogens is 288 g/mol. The van der Waals surface area contributed by atoms with Gasteiger partial charge in [-0.3, -0.25) is 4.79 Å². The molecule has 0 bridgehead atoms. The van der Waals surface area contributed by atoms with Crippen molar-refractivity contribution < 1.29 is 13.2 Å².